The number of carbonyl (C=O) groups is 1. The van der Waals surface area contributed by atoms with E-state index in [0.29, 0.717) is 25.3 Å². The van der Waals surface area contributed by atoms with E-state index < -0.39 is 16.4 Å². The molecule has 1 aliphatic heterocycles. The highest BCUT2D eigenvalue weighted by atomic mass is 32.2. The fourth-order valence-electron chi connectivity index (χ4n) is 3.58. The molecule has 1 aliphatic rings. The topological polar surface area (TPSA) is 55.8 Å². The molecule has 1 fully saturated rings. The van der Waals surface area contributed by atoms with Gasteiger partial charge in [0, 0.05) is 36.2 Å². The zero-order valence-corrected chi connectivity index (χ0v) is 20.0. The Morgan fingerprint density at radius 1 is 1.13 bits per heavy atom. The van der Waals surface area contributed by atoms with Gasteiger partial charge < -0.3 is 14.4 Å². The van der Waals surface area contributed by atoms with Gasteiger partial charge in [-0.1, -0.05) is 24.3 Å². The molecule has 5 nitrogen and oxygen atoms in total. The van der Waals surface area contributed by atoms with Crippen LogP contribution in [0.1, 0.15) is 49.1 Å². The number of carbonyl (C=O) groups excluding carboxylic acids is 1. The van der Waals surface area contributed by atoms with Crippen molar-refractivity contribution in [2.75, 3.05) is 25.4 Å². The first kappa shape index (κ1) is 23.5. The number of benzene rings is 2. The van der Waals surface area contributed by atoms with Gasteiger partial charge in [0.25, 0.3) is 0 Å². The van der Waals surface area contributed by atoms with Gasteiger partial charge in [-0.15, -0.1) is 0 Å². The third-order valence-corrected chi connectivity index (χ3v) is 7.08. The SMILES string of the molecule is Cc1cccc(Oc2ccc(C3CN(CCC(=O)OC(C)(C)C)CCS3=O)cc2)c1C. The van der Waals surface area contributed by atoms with Crippen molar-refractivity contribution in [1.82, 2.24) is 4.90 Å². The van der Waals surface area contributed by atoms with Crippen LogP contribution in [0, 0.1) is 13.8 Å². The van der Waals surface area contributed by atoms with Crippen LogP contribution in [0.25, 0.3) is 0 Å². The second-order valence-electron chi connectivity index (χ2n) is 9.08. The Morgan fingerprint density at radius 3 is 2.52 bits per heavy atom. The van der Waals surface area contributed by atoms with Crippen LogP contribution in [0.2, 0.25) is 0 Å². The van der Waals surface area contributed by atoms with Crippen molar-refractivity contribution in [3.05, 3.63) is 59.2 Å². The van der Waals surface area contributed by atoms with Gasteiger partial charge in [0.2, 0.25) is 0 Å². The van der Waals surface area contributed by atoms with E-state index in [0.717, 1.165) is 29.2 Å². The largest absolute Gasteiger partial charge is 0.460 e. The molecule has 0 amide bonds. The first-order chi connectivity index (χ1) is 14.6. The molecule has 2 aromatic carbocycles. The number of esters is 1. The van der Waals surface area contributed by atoms with E-state index in [9.17, 15) is 9.00 Å². The molecule has 31 heavy (non-hydrogen) atoms. The quantitative estimate of drug-likeness (QED) is 0.593. The Morgan fingerprint density at radius 2 is 1.84 bits per heavy atom. The van der Waals surface area contributed by atoms with Crippen LogP contribution in [0.5, 0.6) is 11.5 Å². The number of hydrogen-bond acceptors (Lipinski definition) is 5. The van der Waals surface area contributed by atoms with Crippen molar-refractivity contribution in [3.63, 3.8) is 0 Å². The molecule has 0 aromatic heterocycles. The minimum Gasteiger partial charge on any atom is -0.460 e. The molecule has 0 N–H and O–H groups in total. The summed E-state index contributed by atoms with van der Waals surface area (Å²) in [5.41, 5.74) is 2.89. The summed E-state index contributed by atoms with van der Waals surface area (Å²) in [6, 6.07) is 13.9. The van der Waals surface area contributed by atoms with Crippen LogP contribution in [-0.2, 0) is 20.3 Å². The second kappa shape index (κ2) is 9.96. The van der Waals surface area contributed by atoms with Crippen molar-refractivity contribution in [3.8, 4) is 11.5 Å². The summed E-state index contributed by atoms with van der Waals surface area (Å²) in [5, 5.41) is -0.0675. The van der Waals surface area contributed by atoms with Gasteiger partial charge in [0.15, 0.2) is 0 Å². The average molecular weight is 444 g/mol. The highest BCUT2D eigenvalue weighted by molar-refractivity contribution is 7.85. The van der Waals surface area contributed by atoms with E-state index in [1.807, 2.05) is 57.2 Å². The number of rotatable bonds is 6. The summed E-state index contributed by atoms with van der Waals surface area (Å²) >= 11 is 0. The van der Waals surface area contributed by atoms with E-state index in [4.69, 9.17) is 9.47 Å². The summed E-state index contributed by atoms with van der Waals surface area (Å²) in [4.78, 5) is 14.2. The molecule has 6 heteroatoms. The number of ether oxygens (including phenoxy) is 2. The van der Waals surface area contributed by atoms with Gasteiger partial charge >= 0.3 is 5.97 Å². The maximum absolute atomic E-state index is 12.7. The molecule has 0 saturated carbocycles. The van der Waals surface area contributed by atoms with Crippen molar-refractivity contribution >= 4 is 16.8 Å². The van der Waals surface area contributed by atoms with Crippen molar-refractivity contribution in [2.24, 2.45) is 0 Å². The maximum Gasteiger partial charge on any atom is 0.307 e. The summed E-state index contributed by atoms with van der Waals surface area (Å²) in [7, 11) is -0.930. The van der Waals surface area contributed by atoms with Crippen LogP contribution < -0.4 is 4.74 Å². The molecule has 1 heterocycles. The van der Waals surface area contributed by atoms with E-state index in [2.05, 4.69) is 24.8 Å². The van der Waals surface area contributed by atoms with E-state index in [1.165, 1.54) is 5.56 Å². The van der Waals surface area contributed by atoms with Crippen LogP contribution in [0.3, 0.4) is 0 Å². The number of nitrogens with zero attached hydrogens (tertiary/aromatic N) is 1. The molecule has 2 aromatic rings. The first-order valence-corrected chi connectivity index (χ1v) is 12.2. The molecular weight excluding hydrogens is 410 g/mol. The molecule has 0 bridgehead atoms. The minimum absolute atomic E-state index is 0.0675. The molecule has 168 valence electrons. The van der Waals surface area contributed by atoms with Crippen LogP contribution in [0.4, 0.5) is 0 Å². The van der Waals surface area contributed by atoms with Gasteiger partial charge in [-0.25, -0.2) is 0 Å². The standard InChI is InChI=1S/C25H33NO4S/c1-18-7-6-8-22(19(18)2)29-21-11-9-20(10-12-21)23-17-26(15-16-31(23)28)14-13-24(27)30-25(3,4)5/h6-12,23H,13-17H2,1-5H3. The molecule has 0 spiro atoms. The normalized spacial score (nSPS) is 19.8. The van der Waals surface area contributed by atoms with E-state index in [1.54, 1.807) is 0 Å². The Hall–Kier alpha value is -2.18. The lowest BCUT2D eigenvalue weighted by Gasteiger charge is -2.32. The monoisotopic (exact) mass is 443 g/mol. The lowest BCUT2D eigenvalue weighted by molar-refractivity contribution is -0.155. The Kier molecular flexibility index (Phi) is 7.55. The van der Waals surface area contributed by atoms with Crippen LogP contribution in [-0.4, -0.2) is 46.1 Å². The van der Waals surface area contributed by atoms with Crippen molar-refractivity contribution in [2.45, 2.75) is 51.9 Å². The Labute approximate surface area is 188 Å². The fourth-order valence-corrected chi connectivity index (χ4v) is 5.15. The Balaban J connectivity index is 1.61. The molecule has 0 aliphatic carbocycles. The van der Waals surface area contributed by atoms with Crippen molar-refractivity contribution < 1.29 is 18.5 Å². The second-order valence-corrected chi connectivity index (χ2v) is 10.8. The van der Waals surface area contributed by atoms with Crippen LogP contribution in [0.15, 0.2) is 42.5 Å². The molecule has 1 saturated heterocycles. The minimum atomic E-state index is -0.930. The first-order valence-electron chi connectivity index (χ1n) is 10.8. The van der Waals surface area contributed by atoms with Crippen LogP contribution >= 0.6 is 0 Å². The highest BCUT2D eigenvalue weighted by Crippen LogP contribution is 2.30. The third-order valence-electron chi connectivity index (χ3n) is 5.44. The summed E-state index contributed by atoms with van der Waals surface area (Å²) in [6.45, 7) is 11.8. The summed E-state index contributed by atoms with van der Waals surface area (Å²) in [6.07, 6.45) is 0.346. The molecule has 0 radical (unpaired) electrons. The predicted octanol–water partition coefficient (Wildman–Crippen LogP) is 4.93. The smallest absolute Gasteiger partial charge is 0.307 e. The van der Waals surface area contributed by atoms with Gasteiger partial charge in [0.1, 0.15) is 17.1 Å². The van der Waals surface area contributed by atoms with Gasteiger partial charge in [-0.2, -0.15) is 0 Å². The number of hydrogen-bond donors (Lipinski definition) is 0. The maximum atomic E-state index is 12.7. The van der Waals surface area contributed by atoms with Gasteiger partial charge in [-0.3, -0.25) is 9.00 Å². The third kappa shape index (κ3) is 6.65. The molecule has 3 rings (SSSR count). The molecule has 2 atom stereocenters. The zero-order valence-electron chi connectivity index (χ0n) is 19.1. The molecular formula is C25H33NO4S. The lowest BCUT2D eigenvalue weighted by atomic mass is 10.1. The van der Waals surface area contributed by atoms with Gasteiger partial charge in [-0.05, 0) is 69.5 Å². The molecule has 2 unspecified atom stereocenters. The summed E-state index contributed by atoms with van der Waals surface area (Å²) in [5.74, 6) is 2.03. The highest BCUT2D eigenvalue weighted by Gasteiger charge is 2.28. The van der Waals surface area contributed by atoms with Crippen molar-refractivity contribution in [1.29, 1.82) is 0 Å². The Bertz CT molecular complexity index is 934. The zero-order chi connectivity index (χ0) is 22.6. The lowest BCUT2D eigenvalue weighted by Crippen LogP contribution is -2.41. The summed E-state index contributed by atoms with van der Waals surface area (Å²) < 4.78 is 24.1. The van der Waals surface area contributed by atoms with Gasteiger partial charge in [0.05, 0.1) is 11.7 Å². The number of aryl methyl sites for hydroxylation is 1. The fraction of sp³-hybridized carbons (Fsp3) is 0.480. The van der Waals surface area contributed by atoms with E-state index >= 15 is 0 Å². The van der Waals surface area contributed by atoms with E-state index in [-0.39, 0.29) is 11.2 Å². The average Bonchev–Trinajstić information content (AvgIpc) is 2.70. The predicted molar refractivity (Wildman–Crippen MR) is 125 cm³/mol.